The molecule has 3 nitrogen and oxygen atoms in total. The molecule has 0 aliphatic carbocycles. The number of carbonyl (C=O) groups excluding carboxylic acids is 1. The number of ether oxygens (including phenoxy) is 1. The molecule has 90 valence electrons. The van der Waals surface area contributed by atoms with Crippen LogP contribution < -0.4 is 0 Å². The van der Waals surface area contributed by atoms with Crippen molar-refractivity contribution < 1.29 is 9.53 Å². The van der Waals surface area contributed by atoms with Crippen LogP contribution in [0.1, 0.15) is 16.8 Å². The van der Waals surface area contributed by atoms with Crippen LogP contribution in [0.5, 0.6) is 0 Å². The Balaban J connectivity index is 1.63. The van der Waals surface area contributed by atoms with E-state index in [0.717, 1.165) is 26.1 Å². The fourth-order valence-corrected chi connectivity index (χ4v) is 1.81. The first-order chi connectivity index (χ1) is 8.36. The van der Waals surface area contributed by atoms with E-state index >= 15 is 0 Å². The van der Waals surface area contributed by atoms with Gasteiger partial charge in [0.15, 0.2) is 0 Å². The summed E-state index contributed by atoms with van der Waals surface area (Å²) in [5.74, 6) is -0.231. The second-order valence-corrected chi connectivity index (χ2v) is 4.09. The standard InChI is InChI=1S/C14H17NO2/c16-14(13-7-2-1-3-8-13)17-12-6-11-15-9-4-5-10-15/h1-5,7-8H,6,9-12H2. The van der Waals surface area contributed by atoms with Crippen molar-refractivity contribution in [3.05, 3.63) is 48.0 Å². The summed E-state index contributed by atoms with van der Waals surface area (Å²) in [5, 5.41) is 0. The molecule has 0 saturated carbocycles. The molecule has 2 rings (SSSR count). The summed E-state index contributed by atoms with van der Waals surface area (Å²) in [6.45, 7) is 3.51. The highest BCUT2D eigenvalue weighted by molar-refractivity contribution is 5.89. The summed E-state index contributed by atoms with van der Waals surface area (Å²) in [7, 11) is 0. The van der Waals surface area contributed by atoms with Gasteiger partial charge >= 0.3 is 5.97 Å². The summed E-state index contributed by atoms with van der Waals surface area (Å²) in [6, 6.07) is 9.11. The van der Waals surface area contributed by atoms with Crippen molar-refractivity contribution in [2.24, 2.45) is 0 Å². The van der Waals surface area contributed by atoms with Gasteiger partial charge in [-0.3, -0.25) is 4.90 Å². The molecule has 0 atom stereocenters. The van der Waals surface area contributed by atoms with Gasteiger partial charge in [-0.15, -0.1) is 0 Å². The molecular formula is C14H17NO2. The number of hydrogen-bond acceptors (Lipinski definition) is 3. The number of carbonyl (C=O) groups is 1. The van der Waals surface area contributed by atoms with Crippen LogP contribution in [0.4, 0.5) is 0 Å². The second-order valence-electron chi connectivity index (χ2n) is 4.09. The maximum atomic E-state index is 11.6. The zero-order valence-corrected chi connectivity index (χ0v) is 9.84. The SMILES string of the molecule is O=C(OCCCN1CC=CC1)c1ccccc1. The maximum absolute atomic E-state index is 11.6. The average molecular weight is 231 g/mol. The third-order valence-corrected chi connectivity index (χ3v) is 2.76. The first kappa shape index (κ1) is 11.9. The van der Waals surface area contributed by atoms with Crippen molar-refractivity contribution in [1.82, 2.24) is 4.90 Å². The van der Waals surface area contributed by atoms with Crippen LogP contribution >= 0.6 is 0 Å². The predicted octanol–water partition coefficient (Wildman–Crippen LogP) is 2.11. The Labute approximate surface area is 102 Å². The number of esters is 1. The average Bonchev–Trinajstić information content (AvgIpc) is 2.88. The lowest BCUT2D eigenvalue weighted by molar-refractivity contribution is 0.0491. The Kier molecular flexibility index (Phi) is 4.33. The van der Waals surface area contributed by atoms with E-state index in [1.54, 1.807) is 12.1 Å². The minimum Gasteiger partial charge on any atom is -0.462 e. The summed E-state index contributed by atoms with van der Waals surface area (Å²) in [4.78, 5) is 13.9. The molecule has 1 aliphatic heterocycles. The second kappa shape index (κ2) is 6.21. The summed E-state index contributed by atoms with van der Waals surface area (Å²) >= 11 is 0. The van der Waals surface area contributed by atoms with Gasteiger partial charge in [-0.1, -0.05) is 30.4 Å². The fraction of sp³-hybridized carbons (Fsp3) is 0.357. The van der Waals surface area contributed by atoms with Crippen molar-refractivity contribution in [2.45, 2.75) is 6.42 Å². The minimum absolute atomic E-state index is 0.231. The van der Waals surface area contributed by atoms with Gasteiger partial charge in [0.1, 0.15) is 0 Å². The van der Waals surface area contributed by atoms with Gasteiger partial charge in [-0.2, -0.15) is 0 Å². The molecule has 1 aromatic carbocycles. The van der Waals surface area contributed by atoms with E-state index < -0.39 is 0 Å². The summed E-state index contributed by atoms with van der Waals surface area (Å²) < 4.78 is 5.20. The molecule has 0 unspecified atom stereocenters. The molecule has 0 spiro atoms. The number of hydrogen-bond donors (Lipinski definition) is 0. The maximum Gasteiger partial charge on any atom is 0.338 e. The van der Waals surface area contributed by atoms with E-state index in [2.05, 4.69) is 17.1 Å². The first-order valence-corrected chi connectivity index (χ1v) is 5.96. The van der Waals surface area contributed by atoms with Crippen LogP contribution in [-0.4, -0.2) is 37.1 Å². The van der Waals surface area contributed by atoms with E-state index in [0.29, 0.717) is 12.2 Å². The van der Waals surface area contributed by atoms with Crippen molar-refractivity contribution in [3.63, 3.8) is 0 Å². The normalized spacial score (nSPS) is 15.1. The van der Waals surface area contributed by atoms with Crippen LogP contribution in [0, 0.1) is 0 Å². The Bertz CT molecular complexity index is 378. The van der Waals surface area contributed by atoms with Crippen LogP contribution in [0.2, 0.25) is 0 Å². The number of nitrogens with zero attached hydrogens (tertiary/aromatic N) is 1. The van der Waals surface area contributed by atoms with Gasteiger partial charge in [0.25, 0.3) is 0 Å². The topological polar surface area (TPSA) is 29.5 Å². The predicted molar refractivity (Wildman–Crippen MR) is 66.9 cm³/mol. The highest BCUT2D eigenvalue weighted by atomic mass is 16.5. The van der Waals surface area contributed by atoms with Crippen molar-refractivity contribution >= 4 is 5.97 Å². The highest BCUT2D eigenvalue weighted by Gasteiger charge is 2.07. The molecule has 0 fully saturated rings. The molecule has 1 heterocycles. The summed E-state index contributed by atoms with van der Waals surface area (Å²) in [6.07, 6.45) is 5.21. The monoisotopic (exact) mass is 231 g/mol. The van der Waals surface area contributed by atoms with Crippen molar-refractivity contribution in [2.75, 3.05) is 26.2 Å². The van der Waals surface area contributed by atoms with Crippen LogP contribution in [0.25, 0.3) is 0 Å². The van der Waals surface area contributed by atoms with Crippen molar-refractivity contribution in [3.8, 4) is 0 Å². The van der Waals surface area contributed by atoms with Gasteiger partial charge < -0.3 is 4.74 Å². The molecule has 0 radical (unpaired) electrons. The van der Waals surface area contributed by atoms with E-state index in [9.17, 15) is 4.79 Å². The highest BCUT2D eigenvalue weighted by Crippen LogP contribution is 2.03. The molecule has 0 saturated heterocycles. The Hall–Kier alpha value is -1.61. The van der Waals surface area contributed by atoms with E-state index in [1.807, 2.05) is 18.2 Å². The fourth-order valence-electron chi connectivity index (χ4n) is 1.81. The molecule has 17 heavy (non-hydrogen) atoms. The largest absolute Gasteiger partial charge is 0.462 e. The summed E-state index contributed by atoms with van der Waals surface area (Å²) in [5.41, 5.74) is 0.621. The van der Waals surface area contributed by atoms with E-state index in [-0.39, 0.29) is 5.97 Å². The lowest BCUT2D eigenvalue weighted by Crippen LogP contribution is -2.22. The third-order valence-electron chi connectivity index (χ3n) is 2.76. The zero-order chi connectivity index (χ0) is 11.9. The van der Waals surface area contributed by atoms with E-state index in [1.165, 1.54) is 0 Å². The Morgan fingerprint density at radius 3 is 2.59 bits per heavy atom. The van der Waals surface area contributed by atoms with Crippen LogP contribution in [0.3, 0.4) is 0 Å². The Morgan fingerprint density at radius 1 is 1.18 bits per heavy atom. The van der Waals surface area contributed by atoms with Gasteiger partial charge in [0.2, 0.25) is 0 Å². The molecular weight excluding hydrogens is 214 g/mol. The number of rotatable bonds is 5. The van der Waals surface area contributed by atoms with Crippen molar-refractivity contribution in [1.29, 1.82) is 0 Å². The first-order valence-electron chi connectivity index (χ1n) is 5.96. The van der Waals surface area contributed by atoms with Gasteiger partial charge in [-0.05, 0) is 18.6 Å². The third kappa shape index (κ3) is 3.71. The Morgan fingerprint density at radius 2 is 1.88 bits per heavy atom. The minimum atomic E-state index is -0.231. The van der Waals surface area contributed by atoms with Crippen LogP contribution in [0.15, 0.2) is 42.5 Å². The van der Waals surface area contributed by atoms with E-state index in [4.69, 9.17) is 4.74 Å². The molecule has 1 aliphatic rings. The van der Waals surface area contributed by atoms with Gasteiger partial charge in [-0.25, -0.2) is 4.79 Å². The van der Waals surface area contributed by atoms with Crippen LogP contribution in [-0.2, 0) is 4.74 Å². The molecule has 0 bridgehead atoms. The number of benzene rings is 1. The molecule has 0 N–H and O–H groups in total. The molecule has 0 amide bonds. The lowest BCUT2D eigenvalue weighted by Gasteiger charge is -2.14. The smallest absolute Gasteiger partial charge is 0.338 e. The zero-order valence-electron chi connectivity index (χ0n) is 9.84. The molecule has 1 aromatic rings. The quantitative estimate of drug-likeness (QED) is 0.441. The molecule has 3 heteroatoms. The molecule has 0 aromatic heterocycles. The lowest BCUT2D eigenvalue weighted by atomic mass is 10.2. The van der Waals surface area contributed by atoms with Gasteiger partial charge in [0.05, 0.1) is 12.2 Å². The van der Waals surface area contributed by atoms with Gasteiger partial charge in [0, 0.05) is 19.6 Å².